The van der Waals surface area contributed by atoms with Gasteiger partial charge in [0.15, 0.2) is 0 Å². The Bertz CT molecular complexity index is 686. The number of amides is 3. The summed E-state index contributed by atoms with van der Waals surface area (Å²) >= 11 is 5.80. The Morgan fingerprint density at radius 2 is 1.76 bits per heavy atom. The molecule has 2 aromatic carbocycles. The van der Waals surface area contributed by atoms with Gasteiger partial charge >= 0.3 is 6.03 Å². The van der Waals surface area contributed by atoms with Crippen LogP contribution in [0.1, 0.15) is 10.4 Å². The summed E-state index contributed by atoms with van der Waals surface area (Å²) in [7, 11) is 0. The minimum atomic E-state index is -0.740. The molecule has 5 nitrogen and oxygen atoms in total. The smallest absolute Gasteiger partial charge is 0.323 e. The molecule has 108 valence electrons. The van der Waals surface area contributed by atoms with Crippen LogP contribution in [0.5, 0.6) is 0 Å². The van der Waals surface area contributed by atoms with E-state index in [-0.39, 0.29) is 22.0 Å². The monoisotopic (exact) mass is 307 g/mol. The summed E-state index contributed by atoms with van der Waals surface area (Å²) in [5.74, 6) is -1.35. The molecule has 7 heteroatoms. The van der Waals surface area contributed by atoms with Gasteiger partial charge < -0.3 is 16.4 Å². The molecule has 2 aromatic rings. The third kappa shape index (κ3) is 3.49. The molecule has 0 spiro atoms. The lowest BCUT2D eigenvalue weighted by Crippen LogP contribution is -2.23. The highest BCUT2D eigenvalue weighted by Gasteiger charge is 2.13. The number of hydrogen-bond donors (Lipinski definition) is 3. The molecule has 0 aliphatic carbocycles. The van der Waals surface area contributed by atoms with E-state index in [1.807, 2.05) is 0 Å². The van der Waals surface area contributed by atoms with Crippen LogP contribution in [0.4, 0.5) is 20.6 Å². The molecule has 0 bridgehead atoms. The molecule has 0 aromatic heterocycles. The van der Waals surface area contributed by atoms with Crippen molar-refractivity contribution in [1.29, 1.82) is 0 Å². The molecule has 21 heavy (non-hydrogen) atoms. The van der Waals surface area contributed by atoms with Gasteiger partial charge in [0.2, 0.25) is 0 Å². The highest BCUT2D eigenvalue weighted by Crippen LogP contribution is 2.25. The molecule has 0 heterocycles. The van der Waals surface area contributed by atoms with Gasteiger partial charge in [0.05, 0.1) is 22.0 Å². The number of primary amides is 1. The highest BCUT2D eigenvalue weighted by atomic mass is 35.5. The number of nitrogens with one attached hydrogen (secondary N) is 2. The molecule has 0 saturated carbocycles. The number of halogens is 2. The lowest BCUT2D eigenvalue weighted by atomic mass is 10.1. The number of carbonyl (C=O) groups is 2. The van der Waals surface area contributed by atoms with E-state index in [0.717, 1.165) is 0 Å². The van der Waals surface area contributed by atoms with Crippen LogP contribution in [0.2, 0.25) is 5.02 Å². The number of benzene rings is 2. The molecule has 0 aliphatic heterocycles. The Kier molecular flexibility index (Phi) is 4.39. The standard InChI is InChI=1S/C14H11ClFN3O2/c15-9-5-3-6-10(16)12(9)19-14(21)18-11-7-2-1-4-8(11)13(17)20/h1-7H,(H2,17,20)(H2,18,19,21). The first kappa shape index (κ1) is 14.8. The van der Waals surface area contributed by atoms with E-state index >= 15 is 0 Å². The number of hydrogen-bond acceptors (Lipinski definition) is 2. The third-order valence-corrected chi connectivity index (χ3v) is 2.96. The minimum Gasteiger partial charge on any atom is -0.366 e. The van der Waals surface area contributed by atoms with Gasteiger partial charge in [-0.1, -0.05) is 29.8 Å². The number of anilines is 2. The number of rotatable bonds is 3. The number of para-hydroxylation sites is 2. The lowest BCUT2D eigenvalue weighted by molar-refractivity contribution is 0.100. The van der Waals surface area contributed by atoms with Crippen LogP contribution in [-0.4, -0.2) is 11.9 Å². The molecular formula is C14H11ClFN3O2. The fraction of sp³-hybridized carbons (Fsp3) is 0. The van der Waals surface area contributed by atoms with Crippen molar-refractivity contribution < 1.29 is 14.0 Å². The van der Waals surface area contributed by atoms with Gasteiger partial charge in [0, 0.05) is 0 Å². The summed E-state index contributed by atoms with van der Waals surface area (Å²) in [6, 6.07) is 9.49. The number of nitrogens with two attached hydrogens (primary N) is 1. The van der Waals surface area contributed by atoms with Gasteiger partial charge in [-0.15, -0.1) is 0 Å². The molecule has 4 N–H and O–H groups in total. The third-order valence-electron chi connectivity index (χ3n) is 2.64. The van der Waals surface area contributed by atoms with Crippen LogP contribution in [0.3, 0.4) is 0 Å². The number of urea groups is 1. The Hall–Kier alpha value is -2.60. The molecule has 0 atom stereocenters. The lowest BCUT2D eigenvalue weighted by Gasteiger charge is -2.11. The quantitative estimate of drug-likeness (QED) is 0.813. The van der Waals surface area contributed by atoms with Gasteiger partial charge in [-0.25, -0.2) is 9.18 Å². The van der Waals surface area contributed by atoms with Crippen molar-refractivity contribution in [3.63, 3.8) is 0 Å². The molecule has 3 amide bonds. The van der Waals surface area contributed by atoms with E-state index in [1.54, 1.807) is 12.1 Å². The molecule has 0 radical (unpaired) electrons. The molecule has 0 unspecified atom stereocenters. The van der Waals surface area contributed by atoms with Crippen molar-refractivity contribution in [3.05, 3.63) is 58.9 Å². The van der Waals surface area contributed by atoms with Crippen LogP contribution in [0, 0.1) is 5.82 Å². The Morgan fingerprint density at radius 3 is 2.43 bits per heavy atom. The predicted octanol–water partition coefficient (Wildman–Crippen LogP) is 3.22. The average Bonchev–Trinajstić information content (AvgIpc) is 2.43. The maximum absolute atomic E-state index is 13.6. The maximum Gasteiger partial charge on any atom is 0.323 e. The minimum absolute atomic E-state index is 0.0633. The van der Waals surface area contributed by atoms with Crippen molar-refractivity contribution >= 4 is 34.9 Å². The zero-order chi connectivity index (χ0) is 15.4. The van der Waals surface area contributed by atoms with Crippen LogP contribution in [0.25, 0.3) is 0 Å². The zero-order valence-electron chi connectivity index (χ0n) is 10.7. The van der Waals surface area contributed by atoms with E-state index in [4.69, 9.17) is 17.3 Å². The summed E-state index contributed by atoms with van der Waals surface area (Å²) in [6.07, 6.45) is 0. The molecule has 0 saturated heterocycles. The fourth-order valence-corrected chi connectivity index (χ4v) is 1.90. The van der Waals surface area contributed by atoms with Crippen molar-refractivity contribution in [2.45, 2.75) is 0 Å². The van der Waals surface area contributed by atoms with Crippen molar-refractivity contribution in [2.75, 3.05) is 10.6 Å². The summed E-state index contributed by atoms with van der Waals surface area (Å²) < 4.78 is 13.6. The summed E-state index contributed by atoms with van der Waals surface area (Å²) in [4.78, 5) is 23.1. The van der Waals surface area contributed by atoms with Gasteiger partial charge in [-0.05, 0) is 24.3 Å². The molecular weight excluding hydrogens is 297 g/mol. The van der Waals surface area contributed by atoms with Gasteiger partial charge in [-0.2, -0.15) is 0 Å². The van der Waals surface area contributed by atoms with Crippen LogP contribution < -0.4 is 16.4 Å². The van der Waals surface area contributed by atoms with Crippen LogP contribution >= 0.6 is 11.6 Å². The summed E-state index contributed by atoms with van der Waals surface area (Å²) in [5.41, 5.74) is 5.42. The summed E-state index contributed by atoms with van der Waals surface area (Å²) in [6.45, 7) is 0. The Morgan fingerprint density at radius 1 is 1.05 bits per heavy atom. The maximum atomic E-state index is 13.6. The average molecular weight is 308 g/mol. The second kappa shape index (κ2) is 6.23. The highest BCUT2D eigenvalue weighted by molar-refractivity contribution is 6.33. The van der Waals surface area contributed by atoms with Gasteiger partial charge in [0.25, 0.3) is 5.91 Å². The van der Waals surface area contributed by atoms with E-state index in [0.29, 0.717) is 0 Å². The SMILES string of the molecule is NC(=O)c1ccccc1NC(=O)Nc1c(F)cccc1Cl. The second-order valence-electron chi connectivity index (χ2n) is 4.09. The van der Waals surface area contributed by atoms with E-state index in [2.05, 4.69) is 10.6 Å². The topological polar surface area (TPSA) is 84.2 Å². The Labute approximate surface area is 124 Å². The van der Waals surface area contributed by atoms with Crippen molar-refractivity contribution in [3.8, 4) is 0 Å². The van der Waals surface area contributed by atoms with Gasteiger partial charge in [-0.3, -0.25) is 4.79 Å². The summed E-state index contributed by atoms with van der Waals surface area (Å²) in [5, 5.41) is 4.77. The first-order valence-corrected chi connectivity index (χ1v) is 6.27. The fourth-order valence-electron chi connectivity index (χ4n) is 1.69. The zero-order valence-corrected chi connectivity index (χ0v) is 11.4. The van der Waals surface area contributed by atoms with Crippen LogP contribution in [-0.2, 0) is 0 Å². The first-order valence-electron chi connectivity index (χ1n) is 5.90. The van der Waals surface area contributed by atoms with E-state index in [1.165, 1.54) is 30.3 Å². The van der Waals surface area contributed by atoms with Gasteiger partial charge in [0.1, 0.15) is 5.82 Å². The molecule has 0 fully saturated rings. The second-order valence-corrected chi connectivity index (χ2v) is 4.49. The predicted molar refractivity (Wildman–Crippen MR) is 79.0 cm³/mol. The molecule has 2 rings (SSSR count). The van der Waals surface area contributed by atoms with Crippen LogP contribution in [0.15, 0.2) is 42.5 Å². The van der Waals surface area contributed by atoms with Crippen molar-refractivity contribution in [1.82, 2.24) is 0 Å². The number of carbonyl (C=O) groups excluding carboxylic acids is 2. The van der Waals surface area contributed by atoms with Crippen molar-refractivity contribution in [2.24, 2.45) is 5.73 Å². The largest absolute Gasteiger partial charge is 0.366 e. The first-order chi connectivity index (χ1) is 9.99. The van der Waals surface area contributed by atoms with E-state index < -0.39 is 17.8 Å². The normalized spacial score (nSPS) is 10.0. The molecule has 0 aliphatic rings. The Balaban J connectivity index is 2.18. The van der Waals surface area contributed by atoms with E-state index in [9.17, 15) is 14.0 Å².